The Labute approximate surface area is 110 Å². The molecule has 3 nitrogen and oxygen atoms in total. The Hall–Kier alpha value is -0.930. The average Bonchev–Trinajstić information content (AvgIpc) is 2.86. The van der Waals surface area contributed by atoms with Gasteiger partial charge in [0, 0.05) is 37.7 Å². The summed E-state index contributed by atoms with van der Waals surface area (Å²) in [5, 5.41) is 3.82. The largest absolute Gasteiger partial charge is 0.385 e. The zero-order chi connectivity index (χ0) is 12.8. The lowest BCUT2D eigenvalue weighted by molar-refractivity contribution is 0.149. The number of aromatic nitrogens is 1. The van der Waals surface area contributed by atoms with Gasteiger partial charge in [-0.25, -0.2) is 0 Å². The zero-order valence-corrected chi connectivity index (χ0v) is 11.5. The van der Waals surface area contributed by atoms with Crippen molar-refractivity contribution in [1.29, 1.82) is 0 Å². The van der Waals surface area contributed by atoms with E-state index in [1.807, 2.05) is 18.5 Å². The number of nitrogens with zero attached hydrogens (tertiary/aromatic N) is 1. The molecule has 0 aliphatic heterocycles. The van der Waals surface area contributed by atoms with Crippen molar-refractivity contribution < 1.29 is 4.74 Å². The van der Waals surface area contributed by atoms with E-state index < -0.39 is 0 Å². The third-order valence-electron chi connectivity index (χ3n) is 4.05. The highest BCUT2D eigenvalue weighted by molar-refractivity contribution is 5.14. The van der Waals surface area contributed by atoms with E-state index >= 15 is 0 Å². The van der Waals surface area contributed by atoms with Crippen molar-refractivity contribution in [2.45, 2.75) is 50.6 Å². The van der Waals surface area contributed by atoms with Gasteiger partial charge in [0.05, 0.1) is 0 Å². The van der Waals surface area contributed by atoms with Gasteiger partial charge >= 0.3 is 0 Å². The van der Waals surface area contributed by atoms with Crippen molar-refractivity contribution >= 4 is 0 Å². The van der Waals surface area contributed by atoms with Crippen LogP contribution >= 0.6 is 0 Å². The zero-order valence-electron chi connectivity index (χ0n) is 11.5. The number of hydrogen-bond donors (Lipinski definition) is 1. The van der Waals surface area contributed by atoms with Gasteiger partial charge in [0.1, 0.15) is 0 Å². The Kier molecular flexibility index (Phi) is 4.72. The lowest BCUT2D eigenvalue weighted by Gasteiger charge is -2.34. The molecule has 18 heavy (non-hydrogen) atoms. The molecule has 1 saturated carbocycles. The Balaban J connectivity index is 2.00. The van der Waals surface area contributed by atoms with Crippen LogP contribution in [-0.2, 0) is 4.74 Å². The molecule has 0 aromatic carbocycles. The second-order valence-electron chi connectivity index (χ2n) is 5.38. The van der Waals surface area contributed by atoms with Gasteiger partial charge in [-0.15, -0.1) is 0 Å². The van der Waals surface area contributed by atoms with Crippen molar-refractivity contribution in [3.63, 3.8) is 0 Å². The highest BCUT2D eigenvalue weighted by Gasteiger charge is 2.34. The van der Waals surface area contributed by atoms with Crippen LogP contribution in [0.25, 0.3) is 0 Å². The van der Waals surface area contributed by atoms with Crippen LogP contribution < -0.4 is 5.32 Å². The molecular weight excluding hydrogens is 224 g/mol. The molecule has 0 spiro atoms. The first-order valence-electron chi connectivity index (χ1n) is 6.92. The van der Waals surface area contributed by atoms with E-state index in [4.69, 9.17) is 4.74 Å². The minimum atomic E-state index is 0.269. The SMILES string of the molecule is COCCC1(N[C@H](C)c2cccnc2)CCCC1. The highest BCUT2D eigenvalue weighted by Crippen LogP contribution is 2.34. The molecule has 1 fully saturated rings. The van der Waals surface area contributed by atoms with Gasteiger partial charge in [-0.2, -0.15) is 0 Å². The summed E-state index contributed by atoms with van der Waals surface area (Å²) in [5.74, 6) is 0. The first-order valence-corrected chi connectivity index (χ1v) is 6.92. The summed E-state index contributed by atoms with van der Waals surface area (Å²) < 4.78 is 5.26. The first kappa shape index (κ1) is 13.5. The summed E-state index contributed by atoms with van der Waals surface area (Å²) in [7, 11) is 1.78. The van der Waals surface area contributed by atoms with E-state index in [2.05, 4.69) is 23.3 Å². The van der Waals surface area contributed by atoms with Crippen LogP contribution in [0, 0.1) is 0 Å². The third-order valence-corrected chi connectivity index (χ3v) is 4.05. The Morgan fingerprint density at radius 1 is 1.44 bits per heavy atom. The van der Waals surface area contributed by atoms with Crippen molar-refractivity contribution in [2.75, 3.05) is 13.7 Å². The molecule has 1 aliphatic carbocycles. The van der Waals surface area contributed by atoms with Gasteiger partial charge in [0.2, 0.25) is 0 Å². The molecule has 1 aromatic heterocycles. The summed E-state index contributed by atoms with van der Waals surface area (Å²) in [4.78, 5) is 4.20. The second-order valence-corrected chi connectivity index (χ2v) is 5.38. The molecule has 3 heteroatoms. The van der Waals surface area contributed by atoms with E-state index in [0.29, 0.717) is 6.04 Å². The summed E-state index contributed by atoms with van der Waals surface area (Å²) >= 11 is 0. The molecular formula is C15H24N2O. The van der Waals surface area contributed by atoms with Gasteiger partial charge < -0.3 is 10.1 Å². The van der Waals surface area contributed by atoms with Crippen molar-refractivity contribution in [3.05, 3.63) is 30.1 Å². The molecule has 1 aliphatic rings. The maximum absolute atomic E-state index is 5.26. The molecule has 1 atom stereocenters. The van der Waals surface area contributed by atoms with Crippen LogP contribution in [0.5, 0.6) is 0 Å². The highest BCUT2D eigenvalue weighted by atomic mass is 16.5. The van der Waals surface area contributed by atoms with Gasteiger partial charge in [-0.3, -0.25) is 4.98 Å². The minimum absolute atomic E-state index is 0.269. The minimum Gasteiger partial charge on any atom is -0.385 e. The number of hydrogen-bond acceptors (Lipinski definition) is 3. The lowest BCUT2D eigenvalue weighted by Crippen LogP contribution is -2.44. The van der Waals surface area contributed by atoms with Gasteiger partial charge in [0.25, 0.3) is 0 Å². The smallest absolute Gasteiger partial charge is 0.0479 e. The number of methoxy groups -OCH3 is 1. The fourth-order valence-corrected chi connectivity index (χ4v) is 2.99. The van der Waals surface area contributed by atoms with E-state index in [1.165, 1.54) is 31.2 Å². The summed E-state index contributed by atoms with van der Waals surface area (Å²) in [6, 6.07) is 4.50. The second kappa shape index (κ2) is 6.30. The van der Waals surface area contributed by atoms with Gasteiger partial charge in [-0.05, 0) is 37.8 Å². The predicted molar refractivity (Wildman–Crippen MR) is 73.5 cm³/mol. The van der Waals surface area contributed by atoms with Gasteiger partial charge in [-0.1, -0.05) is 18.9 Å². The average molecular weight is 248 g/mol. The van der Waals surface area contributed by atoms with Crippen LogP contribution in [0.3, 0.4) is 0 Å². The Bertz CT molecular complexity index is 347. The molecule has 2 rings (SSSR count). The number of pyridine rings is 1. The molecule has 0 bridgehead atoms. The van der Waals surface area contributed by atoms with E-state index in [9.17, 15) is 0 Å². The van der Waals surface area contributed by atoms with Crippen molar-refractivity contribution in [1.82, 2.24) is 10.3 Å². The summed E-state index contributed by atoms with van der Waals surface area (Å²) in [5.41, 5.74) is 1.53. The molecule has 0 unspecified atom stereocenters. The van der Waals surface area contributed by atoms with Crippen molar-refractivity contribution in [3.8, 4) is 0 Å². The number of rotatable bonds is 6. The topological polar surface area (TPSA) is 34.1 Å². The predicted octanol–water partition coefficient (Wildman–Crippen LogP) is 3.08. The standard InChI is InChI=1S/C15H24N2O/c1-13(14-6-5-10-16-12-14)17-15(9-11-18-2)7-3-4-8-15/h5-6,10,12-13,17H,3-4,7-9,11H2,1-2H3/t13-/m1/s1. The number of nitrogens with one attached hydrogen (secondary N) is 1. The van der Waals surface area contributed by atoms with E-state index in [-0.39, 0.29) is 5.54 Å². The van der Waals surface area contributed by atoms with E-state index in [0.717, 1.165) is 13.0 Å². The summed E-state index contributed by atoms with van der Waals surface area (Å²) in [6.45, 7) is 3.07. The molecule has 0 radical (unpaired) electrons. The first-order chi connectivity index (χ1) is 8.76. The Morgan fingerprint density at radius 3 is 2.83 bits per heavy atom. The van der Waals surface area contributed by atoms with Crippen molar-refractivity contribution in [2.24, 2.45) is 0 Å². The van der Waals surface area contributed by atoms with Gasteiger partial charge in [0.15, 0.2) is 0 Å². The number of ether oxygens (including phenoxy) is 1. The van der Waals surface area contributed by atoms with Crippen LogP contribution in [0.4, 0.5) is 0 Å². The molecule has 1 heterocycles. The molecule has 0 saturated heterocycles. The fourth-order valence-electron chi connectivity index (χ4n) is 2.99. The normalized spacial score (nSPS) is 19.9. The van der Waals surface area contributed by atoms with Crippen LogP contribution in [0.15, 0.2) is 24.5 Å². The van der Waals surface area contributed by atoms with Crippen LogP contribution in [0.1, 0.15) is 50.6 Å². The third kappa shape index (κ3) is 3.30. The fraction of sp³-hybridized carbons (Fsp3) is 0.667. The van der Waals surface area contributed by atoms with Crippen LogP contribution in [0.2, 0.25) is 0 Å². The van der Waals surface area contributed by atoms with Crippen LogP contribution in [-0.4, -0.2) is 24.2 Å². The maximum atomic E-state index is 5.26. The Morgan fingerprint density at radius 2 is 2.22 bits per heavy atom. The van der Waals surface area contributed by atoms with E-state index in [1.54, 1.807) is 7.11 Å². The molecule has 1 N–H and O–H groups in total. The molecule has 1 aromatic rings. The quantitative estimate of drug-likeness (QED) is 0.840. The molecule has 100 valence electrons. The monoisotopic (exact) mass is 248 g/mol. The lowest BCUT2D eigenvalue weighted by atomic mass is 9.91. The summed E-state index contributed by atoms with van der Waals surface area (Å²) in [6.07, 6.45) is 10.1. The maximum Gasteiger partial charge on any atom is 0.0479 e. The molecule has 0 amide bonds.